The van der Waals surface area contributed by atoms with Crippen LogP contribution in [0.2, 0.25) is 0 Å². The van der Waals surface area contributed by atoms with Crippen molar-refractivity contribution in [1.29, 1.82) is 0 Å². The zero-order valence-corrected chi connectivity index (χ0v) is 10.1. The molecule has 82 valence electrons. The summed E-state index contributed by atoms with van der Waals surface area (Å²) >= 11 is 0. The topological polar surface area (TPSA) is 20.3 Å². The first-order valence-electron chi connectivity index (χ1n) is 5.55. The fraction of sp³-hybridized carbons (Fsp3) is 0.917. The van der Waals surface area contributed by atoms with Crippen LogP contribution < -0.4 is 0 Å². The summed E-state index contributed by atoms with van der Waals surface area (Å²) in [5.41, 5.74) is 0.497. The molecule has 2 nitrogen and oxygen atoms in total. The summed E-state index contributed by atoms with van der Waals surface area (Å²) in [7, 11) is 3.67. The molecule has 2 heteroatoms. The third-order valence-electron chi connectivity index (χ3n) is 3.87. The summed E-state index contributed by atoms with van der Waals surface area (Å²) in [4.78, 5) is 13.2. The van der Waals surface area contributed by atoms with Crippen LogP contribution in [0.1, 0.15) is 40.0 Å². The van der Waals surface area contributed by atoms with Gasteiger partial charge in [-0.2, -0.15) is 0 Å². The van der Waals surface area contributed by atoms with Gasteiger partial charge in [0, 0.05) is 20.5 Å². The SMILES string of the molecule is CC(C)C1(C)CC(CC(=O)N(C)C)C1. The fourth-order valence-corrected chi connectivity index (χ4v) is 2.30. The highest BCUT2D eigenvalue weighted by Gasteiger charge is 2.42. The van der Waals surface area contributed by atoms with E-state index < -0.39 is 0 Å². The van der Waals surface area contributed by atoms with E-state index >= 15 is 0 Å². The standard InChI is InChI=1S/C12H23NO/c1-9(2)12(3)7-10(8-12)6-11(14)13(4)5/h9-10H,6-8H2,1-5H3. The van der Waals surface area contributed by atoms with Crippen LogP contribution in [0.3, 0.4) is 0 Å². The van der Waals surface area contributed by atoms with E-state index in [2.05, 4.69) is 20.8 Å². The van der Waals surface area contributed by atoms with Crippen molar-refractivity contribution in [3.8, 4) is 0 Å². The molecule has 0 aromatic carbocycles. The van der Waals surface area contributed by atoms with Gasteiger partial charge in [0.25, 0.3) is 0 Å². The molecule has 1 fully saturated rings. The lowest BCUT2D eigenvalue weighted by atomic mass is 9.57. The molecule has 0 aliphatic heterocycles. The molecule has 14 heavy (non-hydrogen) atoms. The Morgan fingerprint density at radius 2 is 1.93 bits per heavy atom. The zero-order chi connectivity index (χ0) is 10.9. The van der Waals surface area contributed by atoms with Crippen molar-refractivity contribution in [1.82, 2.24) is 4.90 Å². The lowest BCUT2D eigenvalue weighted by molar-refractivity contribution is -0.132. The van der Waals surface area contributed by atoms with Crippen molar-refractivity contribution in [3.05, 3.63) is 0 Å². The van der Waals surface area contributed by atoms with Gasteiger partial charge in [-0.25, -0.2) is 0 Å². The van der Waals surface area contributed by atoms with E-state index in [1.54, 1.807) is 4.90 Å². The monoisotopic (exact) mass is 197 g/mol. The van der Waals surface area contributed by atoms with Gasteiger partial charge in [0.1, 0.15) is 0 Å². The minimum atomic E-state index is 0.279. The van der Waals surface area contributed by atoms with E-state index in [4.69, 9.17) is 0 Å². The average molecular weight is 197 g/mol. The predicted octanol–water partition coefficient (Wildman–Crippen LogP) is 2.54. The molecule has 0 aromatic rings. The van der Waals surface area contributed by atoms with Crippen LogP contribution in [0.15, 0.2) is 0 Å². The van der Waals surface area contributed by atoms with Crippen LogP contribution in [0.4, 0.5) is 0 Å². The number of carbonyl (C=O) groups is 1. The highest BCUT2D eigenvalue weighted by atomic mass is 16.2. The molecule has 0 bridgehead atoms. The molecule has 1 saturated carbocycles. The molecule has 1 rings (SSSR count). The maximum Gasteiger partial charge on any atom is 0.222 e. The van der Waals surface area contributed by atoms with Gasteiger partial charge < -0.3 is 4.90 Å². The molecule has 0 N–H and O–H groups in total. The number of nitrogens with zero attached hydrogens (tertiary/aromatic N) is 1. The Morgan fingerprint density at radius 1 is 1.43 bits per heavy atom. The smallest absolute Gasteiger partial charge is 0.222 e. The first-order valence-corrected chi connectivity index (χ1v) is 5.55. The first-order chi connectivity index (χ1) is 6.35. The van der Waals surface area contributed by atoms with Crippen molar-refractivity contribution in [2.24, 2.45) is 17.3 Å². The third-order valence-corrected chi connectivity index (χ3v) is 3.87. The summed E-state index contributed by atoms with van der Waals surface area (Å²) in [6.45, 7) is 6.91. The quantitative estimate of drug-likeness (QED) is 0.681. The first kappa shape index (κ1) is 11.5. The minimum Gasteiger partial charge on any atom is -0.349 e. The Morgan fingerprint density at radius 3 is 2.29 bits per heavy atom. The van der Waals surface area contributed by atoms with Crippen molar-refractivity contribution < 1.29 is 4.79 Å². The summed E-state index contributed by atoms with van der Waals surface area (Å²) in [6, 6.07) is 0. The van der Waals surface area contributed by atoms with E-state index in [1.807, 2.05) is 14.1 Å². The lowest BCUT2D eigenvalue weighted by Gasteiger charge is -2.48. The summed E-state index contributed by atoms with van der Waals surface area (Å²) in [5.74, 6) is 1.66. The Balaban J connectivity index is 2.32. The molecule has 0 aromatic heterocycles. The summed E-state index contributed by atoms with van der Waals surface area (Å²) in [6.07, 6.45) is 3.20. The van der Waals surface area contributed by atoms with E-state index in [1.165, 1.54) is 12.8 Å². The van der Waals surface area contributed by atoms with Gasteiger partial charge in [-0.05, 0) is 30.1 Å². The van der Waals surface area contributed by atoms with Crippen LogP contribution in [0.5, 0.6) is 0 Å². The maximum absolute atomic E-state index is 11.5. The Labute approximate surface area is 87.7 Å². The highest BCUT2D eigenvalue weighted by Crippen LogP contribution is 2.51. The third kappa shape index (κ3) is 2.28. The highest BCUT2D eigenvalue weighted by molar-refractivity contribution is 5.75. The van der Waals surface area contributed by atoms with Gasteiger partial charge in [-0.1, -0.05) is 20.8 Å². The van der Waals surface area contributed by atoms with Gasteiger partial charge in [-0.15, -0.1) is 0 Å². The normalized spacial score (nSPS) is 31.4. The molecule has 0 spiro atoms. The van der Waals surface area contributed by atoms with Crippen molar-refractivity contribution >= 4 is 5.91 Å². The van der Waals surface area contributed by atoms with Gasteiger partial charge in [0.2, 0.25) is 5.91 Å². The molecule has 0 atom stereocenters. The fourth-order valence-electron chi connectivity index (χ4n) is 2.30. The van der Waals surface area contributed by atoms with Crippen molar-refractivity contribution in [2.75, 3.05) is 14.1 Å². The molecule has 1 aliphatic rings. The molecular weight excluding hydrogens is 174 g/mol. The van der Waals surface area contributed by atoms with Crippen LogP contribution in [0.25, 0.3) is 0 Å². The van der Waals surface area contributed by atoms with E-state index in [-0.39, 0.29) is 5.91 Å². The number of carbonyl (C=O) groups excluding carboxylic acids is 1. The van der Waals surface area contributed by atoms with E-state index in [0.717, 1.165) is 12.3 Å². The largest absolute Gasteiger partial charge is 0.349 e. The van der Waals surface area contributed by atoms with Gasteiger partial charge in [-0.3, -0.25) is 4.79 Å². The number of hydrogen-bond acceptors (Lipinski definition) is 1. The molecular formula is C12H23NO. The Bertz CT molecular complexity index is 214. The second-order valence-corrected chi connectivity index (χ2v) is 5.58. The van der Waals surface area contributed by atoms with Gasteiger partial charge in [0.15, 0.2) is 0 Å². The average Bonchev–Trinajstić information content (AvgIpc) is 2.00. The molecule has 0 heterocycles. The van der Waals surface area contributed by atoms with Crippen LogP contribution in [-0.2, 0) is 4.79 Å². The number of rotatable bonds is 3. The Hall–Kier alpha value is -0.530. The van der Waals surface area contributed by atoms with Crippen LogP contribution >= 0.6 is 0 Å². The van der Waals surface area contributed by atoms with E-state index in [9.17, 15) is 4.79 Å². The van der Waals surface area contributed by atoms with Gasteiger partial charge in [0.05, 0.1) is 0 Å². The molecule has 0 unspecified atom stereocenters. The van der Waals surface area contributed by atoms with Crippen LogP contribution in [0, 0.1) is 17.3 Å². The summed E-state index contributed by atoms with van der Waals surface area (Å²) in [5, 5.41) is 0. The number of amides is 1. The van der Waals surface area contributed by atoms with E-state index in [0.29, 0.717) is 11.3 Å². The summed E-state index contributed by atoms with van der Waals surface area (Å²) < 4.78 is 0. The molecule has 1 amide bonds. The molecule has 0 saturated heterocycles. The van der Waals surface area contributed by atoms with Crippen molar-refractivity contribution in [2.45, 2.75) is 40.0 Å². The second-order valence-electron chi connectivity index (χ2n) is 5.58. The zero-order valence-electron chi connectivity index (χ0n) is 10.1. The molecule has 1 aliphatic carbocycles. The molecule has 0 radical (unpaired) electrons. The minimum absolute atomic E-state index is 0.279. The predicted molar refractivity (Wildman–Crippen MR) is 59.0 cm³/mol. The van der Waals surface area contributed by atoms with Crippen molar-refractivity contribution in [3.63, 3.8) is 0 Å². The lowest BCUT2D eigenvalue weighted by Crippen LogP contribution is -2.41. The van der Waals surface area contributed by atoms with Crippen LogP contribution in [-0.4, -0.2) is 24.9 Å². The van der Waals surface area contributed by atoms with Gasteiger partial charge >= 0.3 is 0 Å². The second kappa shape index (κ2) is 3.92. The Kier molecular flexibility index (Phi) is 3.23. The maximum atomic E-state index is 11.5. The number of hydrogen-bond donors (Lipinski definition) is 0.